The van der Waals surface area contributed by atoms with Crippen LogP contribution in [-0.4, -0.2) is 62.9 Å². The third kappa shape index (κ3) is 7.02. The molecule has 2 fully saturated rings. The number of halogens is 1. The normalized spacial score (nSPS) is 18.6. The SMILES string of the molecule is O=C(NCc1ccc(CN2CCOCC2)cc1)C1CCN(S(=O)(=O)Cc2ccc(Cl)cc2)CC1. The number of benzene rings is 2. The molecule has 7 nitrogen and oxygen atoms in total. The molecule has 0 aromatic heterocycles. The number of sulfonamides is 1. The molecular weight excluding hydrogens is 474 g/mol. The van der Waals surface area contributed by atoms with Crippen LogP contribution in [0.2, 0.25) is 5.02 Å². The molecule has 2 aliphatic heterocycles. The highest BCUT2D eigenvalue weighted by Gasteiger charge is 2.31. The molecule has 2 aromatic carbocycles. The van der Waals surface area contributed by atoms with E-state index in [1.807, 2.05) is 0 Å². The number of nitrogens with zero attached hydrogens (tertiary/aromatic N) is 2. The first-order valence-corrected chi connectivity index (χ1v) is 13.8. The van der Waals surface area contributed by atoms with E-state index in [1.54, 1.807) is 24.3 Å². The Balaban J connectivity index is 1.21. The summed E-state index contributed by atoms with van der Waals surface area (Å²) in [7, 11) is -3.42. The van der Waals surface area contributed by atoms with Gasteiger partial charge in [0, 0.05) is 50.2 Å². The van der Waals surface area contributed by atoms with Gasteiger partial charge in [0.15, 0.2) is 0 Å². The van der Waals surface area contributed by atoms with Crippen molar-refractivity contribution in [3.63, 3.8) is 0 Å². The van der Waals surface area contributed by atoms with Crippen molar-refractivity contribution in [2.45, 2.75) is 31.7 Å². The van der Waals surface area contributed by atoms with Crippen molar-refractivity contribution in [2.24, 2.45) is 5.92 Å². The van der Waals surface area contributed by atoms with Crippen molar-refractivity contribution in [1.82, 2.24) is 14.5 Å². The molecular formula is C25H32ClN3O4S. The van der Waals surface area contributed by atoms with Crippen LogP contribution in [0.5, 0.6) is 0 Å². The maximum absolute atomic E-state index is 12.8. The molecule has 2 aromatic rings. The van der Waals surface area contributed by atoms with Gasteiger partial charge in [0.25, 0.3) is 0 Å². The molecule has 1 N–H and O–H groups in total. The smallest absolute Gasteiger partial charge is 0.223 e. The van der Waals surface area contributed by atoms with E-state index in [4.69, 9.17) is 16.3 Å². The van der Waals surface area contributed by atoms with Gasteiger partial charge in [0.2, 0.25) is 15.9 Å². The predicted molar refractivity (Wildman–Crippen MR) is 133 cm³/mol. The zero-order valence-corrected chi connectivity index (χ0v) is 20.9. The number of hydrogen-bond acceptors (Lipinski definition) is 5. The Hall–Kier alpha value is -1.97. The van der Waals surface area contributed by atoms with Crippen LogP contribution in [-0.2, 0) is 38.4 Å². The van der Waals surface area contributed by atoms with E-state index in [0.29, 0.717) is 43.1 Å². The molecule has 0 aliphatic carbocycles. The van der Waals surface area contributed by atoms with E-state index in [1.165, 1.54) is 9.87 Å². The van der Waals surface area contributed by atoms with Crippen LogP contribution in [0.4, 0.5) is 0 Å². The van der Waals surface area contributed by atoms with Crippen LogP contribution in [0.1, 0.15) is 29.5 Å². The zero-order valence-electron chi connectivity index (χ0n) is 19.3. The molecule has 9 heteroatoms. The van der Waals surface area contributed by atoms with Gasteiger partial charge in [-0.25, -0.2) is 12.7 Å². The second-order valence-corrected chi connectivity index (χ2v) is 11.4. The van der Waals surface area contributed by atoms with Gasteiger partial charge >= 0.3 is 0 Å². The lowest BCUT2D eigenvalue weighted by atomic mass is 9.97. The first-order chi connectivity index (χ1) is 16.4. The summed E-state index contributed by atoms with van der Waals surface area (Å²) in [5.41, 5.74) is 3.02. The van der Waals surface area contributed by atoms with Gasteiger partial charge in [0.05, 0.1) is 19.0 Å². The molecule has 2 heterocycles. The minimum Gasteiger partial charge on any atom is -0.379 e. The third-order valence-corrected chi connectivity index (χ3v) is 8.58. The highest BCUT2D eigenvalue weighted by Crippen LogP contribution is 2.22. The molecule has 0 atom stereocenters. The van der Waals surface area contributed by atoms with Gasteiger partial charge < -0.3 is 10.1 Å². The van der Waals surface area contributed by atoms with Crippen molar-refractivity contribution >= 4 is 27.5 Å². The van der Waals surface area contributed by atoms with E-state index in [9.17, 15) is 13.2 Å². The Labute approximate surface area is 207 Å². The Morgan fingerprint density at radius 3 is 2.15 bits per heavy atom. The van der Waals surface area contributed by atoms with Crippen LogP contribution in [0.3, 0.4) is 0 Å². The first-order valence-electron chi connectivity index (χ1n) is 11.8. The number of hydrogen-bond donors (Lipinski definition) is 1. The Bertz CT molecular complexity index is 1050. The van der Waals surface area contributed by atoms with Gasteiger partial charge in [-0.15, -0.1) is 0 Å². The monoisotopic (exact) mass is 505 g/mol. The van der Waals surface area contributed by atoms with Gasteiger partial charge in [-0.1, -0.05) is 48.0 Å². The van der Waals surface area contributed by atoms with Crippen molar-refractivity contribution in [1.29, 1.82) is 0 Å². The number of nitrogens with one attached hydrogen (secondary N) is 1. The second-order valence-electron chi connectivity index (χ2n) is 8.98. The van der Waals surface area contributed by atoms with Crippen molar-refractivity contribution in [2.75, 3.05) is 39.4 Å². The Morgan fingerprint density at radius 1 is 0.912 bits per heavy atom. The van der Waals surface area contributed by atoms with Crippen molar-refractivity contribution < 1.29 is 17.9 Å². The largest absolute Gasteiger partial charge is 0.379 e. The summed E-state index contributed by atoms with van der Waals surface area (Å²) in [6.45, 7) is 5.61. The quantitative estimate of drug-likeness (QED) is 0.596. The van der Waals surface area contributed by atoms with E-state index >= 15 is 0 Å². The van der Waals surface area contributed by atoms with Gasteiger partial charge in [-0.3, -0.25) is 9.69 Å². The van der Waals surface area contributed by atoms with Gasteiger partial charge in [0.1, 0.15) is 0 Å². The van der Waals surface area contributed by atoms with Gasteiger partial charge in [-0.05, 0) is 41.7 Å². The number of carbonyl (C=O) groups excluding carboxylic acids is 1. The second kappa shape index (κ2) is 11.6. The molecule has 0 radical (unpaired) electrons. The van der Waals surface area contributed by atoms with E-state index < -0.39 is 10.0 Å². The summed E-state index contributed by atoms with van der Waals surface area (Å²) >= 11 is 5.88. The highest BCUT2D eigenvalue weighted by molar-refractivity contribution is 7.88. The predicted octanol–water partition coefficient (Wildman–Crippen LogP) is 3.03. The fourth-order valence-corrected chi connectivity index (χ4v) is 6.08. The summed E-state index contributed by atoms with van der Waals surface area (Å²) in [6.07, 6.45) is 1.06. The highest BCUT2D eigenvalue weighted by atomic mass is 35.5. The lowest BCUT2D eigenvalue weighted by Crippen LogP contribution is -2.43. The standard InChI is InChI=1S/C25H32ClN3O4S/c26-24-7-5-22(6-8-24)19-34(31,32)29-11-9-23(10-12-29)25(30)27-17-20-1-3-21(4-2-20)18-28-13-15-33-16-14-28/h1-8,23H,9-19H2,(H,27,30). The summed E-state index contributed by atoms with van der Waals surface area (Å²) in [4.78, 5) is 15.0. The molecule has 2 aliphatic rings. The molecule has 34 heavy (non-hydrogen) atoms. The number of piperidine rings is 1. The Morgan fingerprint density at radius 2 is 1.50 bits per heavy atom. The van der Waals surface area contributed by atoms with Crippen LogP contribution < -0.4 is 5.32 Å². The minimum absolute atomic E-state index is 0.00728. The molecule has 0 saturated carbocycles. The maximum atomic E-state index is 12.8. The average Bonchev–Trinajstić information content (AvgIpc) is 2.85. The fourth-order valence-electron chi connectivity index (χ4n) is 4.39. The molecule has 2 saturated heterocycles. The lowest BCUT2D eigenvalue weighted by Gasteiger charge is -2.30. The maximum Gasteiger partial charge on any atom is 0.223 e. The van der Waals surface area contributed by atoms with Crippen molar-refractivity contribution in [3.8, 4) is 0 Å². The number of ether oxygens (including phenoxy) is 1. The lowest BCUT2D eigenvalue weighted by molar-refractivity contribution is -0.126. The number of amides is 1. The van der Waals surface area contributed by atoms with E-state index in [0.717, 1.165) is 38.4 Å². The average molecular weight is 506 g/mol. The molecule has 0 spiro atoms. The summed E-state index contributed by atoms with van der Waals surface area (Å²) in [5.74, 6) is -0.225. The summed E-state index contributed by atoms with van der Waals surface area (Å²) < 4.78 is 32.4. The minimum atomic E-state index is -3.42. The van der Waals surface area contributed by atoms with Crippen LogP contribution >= 0.6 is 11.6 Å². The van der Waals surface area contributed by atoms with Crippen LogP contribution in [0.25, 0.3) is 0 Å². The number of carbonyl (C=O) groups is 1. The first kappa shape index (κ1) is 25.1. The number of rotatable bonds is 8. The molecule has 1 amide bonds. The van der Waals surface area contributed by atoms with Crippen LogP contribution in [0, 0.1) is 5.92 Å². The molecule has 184 valence electrons. The van der Waals surface area contributed by atoms with Crippen LogP contribution in [0.15, 0.2) is 48.5 Å². The fraction of sp³-hybridized carbons (Fsp3) is 0.480. The molecule has 0 unspecified atom stereocenters. The summed E-state index contributed by atoms with van der Waals surface area (Å²) in [5, 5.41) is 3.60. The summed E-state index contributed by atoms with van der Waals surface area (Å²) in [6, 6.07) is 15.2. The zero-order chi connectivity index (χ0) is 24.0. The van der Waals surface area contributed by atoms with Gasteiger partial charge in [-0.2, -0.15) is 0 Å². The van der Waals surface area contributed by atoms with E-state index in [-0.39, 0.29) is 17.6 Å². The molecule has 4 rings (SSSR count). The Kier molecular flexibility index (Phi) is 8.60. The van der Waals surface area contributed by atoms with E-state index in [2.05, 4.69) is 34.5 Å². The molecule has 0 bridgehead atoms. The number of morpholine rings is 1. The topological polar surface area (TPSA) is 79.0 Å². The van der Waals surface area contributed by atoms with Crippen molar-refractivity contribution in [3.05, 3.63) is 70.2 Å². The third-order valence-electron chi connectivity index (χ3n) is 6.48.